The van der Waals surface area contributed by atoms with Crippen LogP contribution in [-0.2, 0) is 9.59 Å². The van der Waals surface area contributed by atoms with E-state index in [9.17, 15) is 9.59 Å². The molecule has 2 N–H and O–H groups in total. The summed E-state index contributed by atoms with van der Waals surface area (Å²) < 4.78 is 5.68. The number of nitriles is 1. The minimum atomic E-state index is -0.926. The highest BCUT2D eigenvalue weighted by Crippen LogP contribution is 2.27. The van der Waals surface area contributed by atoms with Crippen molar-refractivity contribution in [3.05, 3.63) is 54.1 Å². The maximum Gasteiger partial charge on any atom is 0.303 e. The van der Waals surface area contributed by atoms with Gasteiger partial charge in [0.05, 0.1) is 18.1 Å². The molecule has 0 aliphatic rings. The lowest BCUT2D eigenvalue weighted by atomic mass is 9.85. The number of benzene rings is 2. The van der Waals surface area contributed by atoms with Gasteiger partial charge in [0.25, 0.3) is 0 Å². The number of hydrogen-bond acceptors (Lipinski definition) is 4. The average molecular weight is 352 g/mol. The maximum atomic E-state index is 12.1. The monoisotopic (exact) mass is 352 g/mol. The van der Waals surface area contributed by atoms with Gasteiger partial charge in [-0.2, -0.15) is 5.26 Å². The van der Waals surface area contributed by atoms with E-state index < -0.39 is 11.4 Å². The number of anilines is 1. The van der Waals surface area contributed by atoms with Gasteiger partial charge in [0.2, 0.25) is 5.91 Å². The van der Waals surface area contributed by atoms with Gasteiger partial charge < -0.3 is 15.2 Å². The first-order valence-corrected chi connectivity index (χ1v) is 8.07. The Labute approximate surface area is 152 Å². The lowest BCUT2D eigenvalue weighted by Crippen LogP contribution is -2.24. The number of amides is 1. The topological polar surface area (TPSA) is 99.4 Å². The van der Waals surface area contributed by atoms with Crippen molar-refractivity contribution in [2.24, 2.45) is 5.41 Å². The molecule has 0 saturated carbocycles. The Morgan fingerprint density at radius 2 is 1.81 bits per heavy atom. The summed E-state index contributed by atoms with van der Waals surface area (Å²) in [5.41, 5.74) is 0.486. The van der Waals surface area contributed by atoms with Crippen LogP contribution >= 0.6 is 0 Å². The molecule has 0 radical (unpaired) electrons. The van der Waals surface area contributed by atoms with Crippen LogP contribution in [0.4, 0.5) is 5.69 Å². The first kappa shape index (κ1) is 19.0. The summed E-state index contributed by atoms with van der Waals surface area (Å²) in [7, 11) is 0. The number of carboxylic acid groups (broad SMARTS) is 1. The predicted octanol–water partition coefficient (Wildman–Crippen LogP) is 4.18. The van der Waals surface area contributed by atoms with Gasteiger partial charge in [-0.3, -0.25) is 9.59 Å². The molecule has 0 atom stereocenters. The molecule has 0 aliphatic carbocycles. The largest absolute Gasteiger partial charge is 0.481 e. The maximum absolute atomic E-state index is 12.1. The summed E-state index contributed by atoms with van der Waals surface area (Å²) in [5, 5.41) is 20.5. The zero-order chi connectivity index (χ0) is 19.2. The van der Waals surface area contributed by atoms with Crippen LogP contribution in [0.5, 0.6) is 11.5 Å². The number of nitrogens with one attached hydrogen (secondary N) is 1. The molecule has 1 amide bonds. The Morgan fingerprint density at radius 1 is 1.12 bits per heavy atom. The van der Waals surface area contributed by atoms with E-state index in [1.54, 1.807) is 62.4 Å². The van der Waals surface area contributed by atoms with Crippen molar-refractivity contribution in [1.29, 1.82) is 5.26 Å². The molecule has 134 valence electrons. The van der Waals surface area contributed by atoms with E-state index in [2.05, 4.69) is 5.32 Å². The second-order valence-corrected chi connectivity index (χ2v) is 6.73. The standard InChI is InChI=1S/C20H20N2O4/c1-20(2,12-19(24)25)11-18(23)22-15-6-8-16(9-7-15)26-17-5-3-4-14(10-17)13-21/h3-10H,11-12H2,1-2H3,(H,22,23)(H,24,25). The van der Waals surface area contributed by atoms with Gasteiger partial charge in [0.15, 0.2) is 0 Å². The van der Waals surface area contributed by atoms with E-state index in [-0.39, 0.29) is 18.7 Å². The SMILES string of the molecule is CC(C)(CC(=O)O)CC(=O)Nc1ccc(Oc2cccc(C#N)c2)cc1. The Hall–Kier alpha value is -3.33. The Bertz CT molecular complexity index is 836. The van der Waals surface area contributed by atoms with Crippen molar-refractivity contribution in [1.82, 2.24) is 0 Å². The lowest BCUT2D eigenvalue weighted by molar-refractivity contribution is -0.139. The summed E-state index contributed by atoms with van der Waals surface area (Å²) >= 11 is 0. The van der Waals surface area contributed by atoms with E-state index >= 15 is 0 Å². The molecule has 6 nitrogen and oxygen atoms in total. The second kappa shape index (κ2) is 8.17. The van der Waals surface area contributed by atoms with Crippen molar-refractivity contribution >= 4 is 17.6 Å². The fourth-order valence-corrected chi connectivity index (χ4v) is 2.48. The van der Waals surface area contributed by atoms with Crippen molar-refractivity contribution in [2.75, 3.05) is 5.32 Å². The molecule has 0 unspecified atom stereocenters. The van der Waals surface area contributed by atoms with E-state index in [0.29, 0.717) is 22.7 Å². The van der Waals surface area contributed by atoms with Crippen LogP contribution < -0.4 is 10.1 Å². The summed E-state index contributed by atoms with van der Waals surface area (Å²) in [6, 6.07) is 15.7. The highest BCUT2D eigenvalue weighted by Gasteiger charge is 2.25. The Morgan fingerprint density at radius 3 is 2.42 bits per heavy atom. The van der Waals surface area contributed by atoms with Gasteiger partial charge in [-0.25, -0.2) is 0 Å². The highest BCUT2D eigenvalue weighted by atomic mass is 16.5. The van der Waals surface area contributed by atoms with Crippen LogP contribution in [0.3, 0.4) is 0 Å². The third kappa shape index (κ3) is 5.95. The molecule has 2 rings (SSSR count). The fraction of sp³-hybridized carbons (Fsp3) is 0.250. The third-order valence-corrected chi connectivity index (χ3v) is 3.61. The van der Waals surface area contributed by atoms with Gasteiger partial charge in [-0.15, -0.1) is 0 Å². The molecule has 26 heavy (non-hydrogen) atoms. The van der Waals surface area contributed by atoms with Crippen LogP contribution in [0.1, 0.15) is 32.3 Å². The predicted molar refractivity (Wildman–Crippen MR) is 97.0 cm³/mol. The van der Waals surface area contributed by atoms with Gasteiger partial charge in [-0.1, -0.05) is 19.9 Å². The van der Waals surface area contributed by atoms with Crippen LogP contribution in [0.25, 0.3) is 0 Å². The number of carbonyl (C=O) groups is 2. The Balaban J connectivity index is 1.95. The molecular formula is C20H20N2O4. The van der Waals surface area contributed by atoms with Gasteiger partial charge in [-0.05, 0) is 47.9 Å². The van der Waals surface area contributed by atoms with Crippen LogP contribution in [0.15, 0.2) is 48.5 Å². The second-order valence-electron chi connectivity index (χ2n) is 6.73. The van der Waals surface area contributed by atoms with Crippen LogP contribution in [-0.4, -0.2) is 17.0 Å². The van der Waals surface area contributed by atoms with Gasteiger partial charge in [0, 0.05) is 12.1 Å². The molecule has 6 heteroatoms. The molecule has 2 aromatic rings. The smallest absolute Gasteiger partial charge is 0.303 e. The number of carbonyl (C=O) groups excluding carboxylic acids is 1. The number of carboxylic acids is 1. The zero-order valence-electron chi connectivity index (χ0n) is 14.7. The van der Waals surface area contributed by atoms with Crippen molar-refractivity contribution < 1.29 is 19.4 Å². The summed E-state index contributed by atoms with van der Waals surface area (Å²) in [5.74, 6) is -0.0445. The number of hydrogen-bond donors (Lipinski definition) is 2. The molecule has 2 aromatic carbocycles. The summed E-state index contributed by atoms with van der Waals surface area (Å²) in [6.07, 6.45) is 0.0352. The van der Waals surface area contributed by atoms with E-state index in [1.807, 2.05) is 6.07 Å². The zero-order valence-corrected chi connectivity index (χ0v) is 14.7. The van der Waals surface area contributed by atoms with Gasteiger partial charge >= 0.3 is 5.97 Å². The first-order valence-electron chi connectivity index (χ1n) is 8.07. The van der Waals surface area contributed by atoms with Gasteiger partial charge in [0.1, 0.15) is 11.5 Å². The van der Waals surface area contributed by atoms with E-state index in [0.717, 1.165) is 0 Å². The molecule has 0 bridgehead atoms. The quantitative estimate of drug-likeness (QED) is 0.779. The lowest BCUT2D eigenvalue weighted by Gasteiger charge is -2.21. The number of aliphatic carboxylic acids is 1. The van der Waals surface area contributed by atoms with Crippen LogP contribution in [0.2, 0.25) is 0 Å². The summed E-state index contributed by atoms with van der Waals surface area (Å²) in [6.45, 7) is 3.49. The number of nitrogens with zero attached hydrogens (tertiary/aromatic N) is 1. The highest BCUT2D eigenvalue weighted by molar-refractivity contribution is 5.91. The molecule has 0 aliphatic heterocycles. The number of ether oxygens (including phenoxy) is 1. The molecule has 0 saturated heterocycles. The van der Waals surface area contributed by atoms with Crippen molar-refractivity contribution in [3.8, 4) is 17.6 Å². The van der Waals surface area contributed by atoms with Crippen molar-refractivity contribution in [3.63, 3.8) is 0 Å². The van der Waals surface area contributed by atoms with Crippen molar-refractivity contribution in [2.45, 2.75) is 26.7 Å². The molecular weight excluding hydrogens is 332 g/mol. The third-order valence-electron chi connectivity index (χ3n) is 3.61. The molecule has 0 heterocycles. The average Bonchev–Trinajstić information content (AvgIpc) is 2.55. The molecule has 0 spiro atoms. The van der Waals surface area contributed by atoms with E-state index in [4.69, 9.17) is 15.1 Å². The minimum absolute atomic E-state index is 0.0744. The summed E-state index contributed by atoms with van der Waals surface area (Å²) in [4.78, 5) is 22.9. The first-order chi connectivity index (χ1) is 12.3. The Kier molecular flexibility index (Phi) is 5.97. The van der Waals surface area contributed by atoms with Crippen LogP contribution in [0, 0.1) is 16.7 Å². The molecule has 0 fully saturated rings. The molecule has 0 aromatic heterocycles. The van der Waals surface area contributed by atoms with E-state index in [1.165, 1.54) is 0 Å². The minimum Gasteiger partial charge on any atom is -0.481 e. The fourth-order valence-electron chi connectivity index (χ4n) is 2.48. The number of rotatable bonds is 7. The normalized spacial score (nSPS) is 10.7.